The maximum Gasteiger partial charge on any atom is 0.143 e. The van der Waals surface area contributed by atoms with Crippen molar-refractivity contribution in [2.24, 2.45) is 0 Å². The van der Waals surface area contributed by atoms with Crippen LogP contribution < -0.4 is 14.7 Å². The van der Waals surface area contributed by atoms with Crippen molar-refractivity contribution in [2.45, 2.75) is 0 Å². The van der Waals surface area contributed by atoms with Crippen LogP contribution in [0.2, 0.25) is 0 Å². The first-order valence-electron chi connectivity index (χ1n) is 50.9. The summed E-state index contributed by atoms with van der Waals surface area (Å²) >= 11 is 0. The Hall–Kier alpha value is -20.1. The van der Waals surface area contributed by atoms with E-state index in [-0.39, 0.29) is 0 Å². The molecule has 29 aromatic rings. The molecule has 706 valence electrons. The van der Waals surface area contributed by atoms with Crippen molar-refractivity contribution < 1.29 is 22.1 Å². The third-order valence-corrected chi connectivity index (χ3v) is 29.1. The first-order chi connectivity index (χ1) is 74.4. The second kappa shape index (κ2) is 38.6. The van der Waals surface area contributed by atoms with E-state index in [2.05, 4.69) is 518 Å². The van der Waals surface area contributed by atoms with Crippen LogP contribution in [0.5, 0.6) is 0 Å². The molecule has 0 aliphatic rings. The molecule has 0 aliphatic heterocycles. The van der Waals surface area contributed by atoms with E-state index in [1.165, 1.54) is 55.3 Å². The van der Waals surface area contributed by atoms with Crippen LogP contribution in [0.4, 0.5) is 51.2 Å². The Morgan fingerprint density at radius 1 is 0.100 bits per heavy atom. The average Bonchev–Trinajstić information content (AvgIpc) is 1.72. The van der Waals surface area contributed by atoms with Crippen molar-refractivity contribution in [3.63, 3.8) is 0 Å². The SMILES string of the molecule is c1ccc(-c2ccc(N(c3ccc(-c4cccc5c4oc4ccccc45)cc3)c3ccc(-c4cccc5c4oc4ccccc45)cc3)cc2)cc1.c1ccc(-c2ccc(N(c3ccc(-c4ccccc4)cc3)c3ccc(-c4cccc5c4oc4ccccc45)cc3)cc2)cc1.c1ccc2c(-c3ccc(N(c4ccc(-c5cccc6c5oc5ccccc56)cc4)c4ccc(-c5cccc6c5oc5ccccc56)cc4)cc3)cccc2c1. The van der Waals surface area contributed by atoms with Gasteiger partial charge >= 0.3 is 0 Å². The molecule has 0 radical (unpaired) electrons. The van der Waals surface area contributed by atoms with Crippen molar-refractivity contribution in [2.75, 3.05) is 14.7 Å². The topological polar surface area (TPSA) is 75.4 Å². The van der Waals surface area contributed by atoms with Gasteiger partial charge in [-0.2, -0.15) is 0 Å². The van der Waals surface area contributed by atoms with Gasteiger partial charge in [0.2, 0.25) is 0 Å². The molecule has 5 heterocycles. The summed E-state index contributed by atoms with van der Waals surface area (Å²) in [6.07, 6.45) is 0. The van der Waals surface area contributed by atoms with Crippen LogP contribution in [0, 0.1) is 0 Å². The van der Waals surface area contributed by atoms with E-state index in [0.717, 1.165) is 217 Å². The predicted molar refractivity (Wildman–Crippen MR) is 626 cm³/mol. The lowest BCUT2D eigenvalue weighted by molar-refractivity contribution is 0.669. The Kier molecular flexibility index (Phi) is 22.8. The van der Waals surface area contributed by atoms with Crippen molar-refractivity contribution >= 4 is 172 Å². The molecule has 0 bridgehead atoms. The molecule has 150 heavy (non-hydrogen) atoms. The summed E-state index contributed by atoms with van der Waals surface area (Å²) in [6.45, 7) is 0. The Labute approximate surface area is 866 Å². The standard InChI is InChI=1S/C52H33NO2.C48H31NO2.C42H29NO/c1-2-12-41-34(10-1)11-7-15-42(41)35-22-28-38(29-23-35)53(39-30-24-36(25-31-39)43-16-8-18-47-45-13-3-5-20-49(45)54-51(43)47)40-32-26-37(27-33-40)44-17-9-19-48-46-14-4-6-21-50(46)55-52(44)48;1-2-10-32(11-3-1)33-20-26-36(27-21-33)49(37-28-22-34(23-29-37)39-14-8-16-43-41-12-4-6-18-45(41)50-47(39)43)38-30-24-35(25-31-38)40-15-9-17-44-42-13-5-7-19-46(42)51-48(40)44;1-3-10-30(11-4-1)32-18-24-35(25-19-32)43(36-26-20-33(21-27-36)31-12-5-2-6-13-31)37-28-22-34(23-29-37)38-15-9-16-40-39-14-7-8-17-41(39)44-42(38)40/h1-33H;1-31H;1-29H. The zero-order chi connectivity index (χ0) is 99.3. The molecule has 0 saturated heterocycles. The molecule has 8 nitrogen and oxygen atoms in total. The number of rotatable bonds is 18. The molecule has 0 spiro atoms. The zero-order valence-corrected chi connectivity index (χ0v) is 81.6. The first kappa shape index (κ1) is 88.8. The van der Waals surface area contributed by atoms with Gasteiger partial charge in [0.1, 0.15) is 55.8 Å². The second-order valence-electron chi connectivity index (χ2n) is 38.0. The summed E-state index contributed by atoms with van der Waals surface area (Å²) in [5.41, 5.74) is 39.4. The zero-order valence-electron chi connectivity index (χ0n) is 81.6. The fourth-order valence-electron chi connectivity index (χ4n) is 21.7. The molecule has 0 amide bonds. The smallest absolute Gasteiger partial charge is 0.143 e. The van der Waals surface area contributed by atoms with Crippen molar-refractivity contribution in [1.29, 1.82) is 0 Å². The largest absolute Gasteiger partial charge is 0.455 e. The minimum atomic E-state index is 0.902. The number of anilines is 9. The van der Waals surface area contributed by atoms with Crippen LogP contribution in [0.25, 0.3) is 221 Å². The van der Waals surface area contributed by atoms with E-state index in [1.54, 1.807) is 0 Å². The summed E-state index contributed by atoms with van der Waals surface area (Å²) in [7, 11) is 0. The monoisotopic (exact) mass is 1920 g/mol. The summed E-state index contributed by atoms with van der Waals surface area (Å²) < 4.78 is 31.9. The van der Waals surface area contributed by atoms with Crippen LogP contribution in [-0.4, -0.2) is 0 Å². The predicted octanol–water partition coefficient (Wildman–Crippen LogP) is 41.1. The average molecular weight is 1920 g/mol. The molecule has 0 aliphatic carbocycles. The first-order valence-corrected chi connectivity index (χ1v) is 50.9. The van der Waals surface area contributed by atoms with E-state index in [4.69, 9.17) is 22.1 Å². The highest BCUT2D eigenvalue weighted by atomic mass is 16.3. The molecular weight excluding hydrogens is 1830 g/mol. The molecule has 0 atom stereocenters. The van der Waals surface area contributed by atoms with Crippen LogP contribution >= 0.6 is 0 Å². The summed E-state index contributed by atoms with van der Waals surface area (Å²) in [5, 5.41) is 13.8. The van der Waals surface area contributed by atoms with Crippen molar-refractivity contribution in [1.82, 2.24) is 0 Å². The van der Waals surface area contributed by atoms with Gasteiger partial charge in [-0.25, -0.2) is 0 Å². The number of hydrogen-bond acceptors (Lipinski definition) is 8. The van der Waals surface area contributed by atoms with Gasteiger partial charge in [0.15, 0.2) is 0 Å². The Morgan fingerprint density at radius 2 is 0.253 bits per heavy atom. The summed E-state index contributed by atoms with van der Waals surface area (Å²) in [4.78, 5) is 6.95. The van der Waals surface area contributed by atoms with Gasteiger partial charge in [0, 0.05) is 133 Å². The van der Waals surface area contributed by atoms with Gasteiger partial charge in [-0.05, 0) is 223 Å². The molecular formula is C142H93N3O5. The van der Waals surface area contributed by atoms with E-state index in [1.807, 2.05) is 60.7 Å². The van der Waals surface area contributed by atoms with Gasteiger partial charge in [0.05, 0.1) is 0 Å². The highest BCUT2D eigenvalue weighted by molar-refractivity contribution is 6.15. The Balaban J connectivity index is 0.000000111. The number of hydrogen-bond donors (Lipinski definition) is 0. The lowest BCUT2D eigenvalue weighted by Gasteiger charge is -2.26. The van der Waals surface area contributed by atoms with Gasteiger partial charge < -0.3 is 36.8 Å². The Bertz CT molecular complexity index is 9610. The number of furan rings is 5. The van der Waals surface area contributed by atoms with E-state index in [9.17, 15) is 0 Å². The summed E-state index contributed by atoms with van der Waals surface area (Å²) in [5.74, 6) is 0. The van der Waals surface area contributed by atoms with Gasteiger partial charge in [0.25, 0.3) is 0 Å². The minimum absolute atomic E-state index is 0.902. The quantitative estimate of drug-likeness (QED) is 0.0841. The fraction of sp³-hybridized carbons (Fsp3) is 0. The van der Waals surface area contributed by atoms with Crippen molar-refractivity contribution in [3.05, 3.63) is 564 Å². The van der Waals surface area contributed by atoms with Crippen LogP contribution in [0.15, 0.2) is 586 Å². The number of fused-ring (bicyclic) bond motifs is 16. The Morgan fingerprint density at radius 3 is 0.480 bits per heavy atom. The van der Waals surface area contributed by atoms with Crippen molar-refractivity contribution in [3.8, 4) is 100 Å². The third kappa shape index (κ3) is 16.6. The normalized spacial score (nSPS) is 11.5. The van der Waals surface area contributed by atoms with E-state index < -0.39 is 0 Å². The molecule has 8 heteroatoms. The van der Waals surface area contributed by atoms with Gasteiger partial charge in [-0.3, -0.25) is 0 Å². The number of para-hydroxylation sites is 10. The van der Waals surface area contributed by atoms with Gasteiger partial charge in [-0.1, -0.05) is 425 Å². The molecule has 5 aromatic heterocycles. The highest BCUT2D eigenvalue weighted by Crippen LogP contribution is 2.49. The van der Waals surface area contributed by atoms with Crippen LogP contribution in [0.1, 0.15) is 0 Å². The molecule has 0 fully saturated rings. The minimum Gasteiger partial charge on any atom is -0.455 e. The molecule has 29 rings (SSSR count). The van der Waals surface area contributed by atoms with E-state index in [0.29, 0.717) is 0 Å². The molecule has 0 N–H and O–H groups in total. The second-order valence-corrected chi connectivity index (χ2v) is 38.0. The summed E-state index contributed by atoms with van der Waals surface area (Å²) in [6, 6.07) is 199. The molecule has 0 unspecified atom stereocenters. The molecule has 24 aromatic carbocycles. The third-order valence-electron chi connectivity index (χ3n) is 29.1. The lowest BCUT2D eigenvalue weighted by Crippen LogP contribution is -2.09. The maximum atomic E-state index is 6.40. The molecule has 0 saturated carbocycles. The maximum absolute atomic E-state index is 6.40. The van der Waals surface area contributed by atoms with Gasteiger partial charge in [-0.15, -0.1) is 0 Å². The number of benzene rings is 24. The lowest BCUT2D eigenvalue weighted by atomic mass is 9.98. The van der Waals surface area contributed by atoms with E-state index >= 15 is 0 Å². The number of nitrogens with zero attached hydrogens (tertiary/aromatic N) is 3. The highest BCUT2D eigenvalue weighted by Gasteiger charge is 2.25. The van der Waals surface area contributed by atoms with Crippen LogP contribution in [0.3, 0.4) is 0 Å². The van der Waals surface area contributed by atoms with Crippen LogP contribution in [-0.2, 0) is 0 Å². The fourth-order valence-corrected chi connectivity index (χ4v) is 21.7.